The van der Waals surface area contributed by atoms with Crippen LogP contribution in [0.15, 0.2) is 0 Å². The highest BCUT2D eigenvalue weighted by molar-refractivity contribution is 7.84. The third-order valence-electron chi connectivity index (χ3n) is 1.37. The topological polar surface area (TPSA) is 80.9 Å². The highest BCUT2D eigenvalue weighted by Crippen LogP contribution is 2.10. The smallest absolute Gasteiger partial charge is 0.233 e. The number of rotatable bonds is 5. The molecule has 0 aliphatic heterocycles. The quantitative estimate of drug-likeness (QED) is 0.746. The van der Waals surface area contributed by atoms with Crippen molar-refractivity contribution < 1.29 is 4.21 Å². The number of hydrogen-bond acceptors (Lipinski definition) is 6. The Balaban J connectivity index is 2.24. The fourth-order valence-corrected chi connectivity index (χ4v) is 1.86. The van der Waals surface area contributed by atoms with E-state index in [4.69, 9.17) is 5.73 Å². The molecular weight excluding hydrogens is 208 g/mol. The van der Waals surface area contributed by atoms with Gasteiger partial charge in [-0.1, -0.05) is 6.92 Å². The van der Waals surface area contributed by atoms with Crippen LogP contribution in [0.2, 0.25) is 0 Å². The molecule has 74 valence electrons. The number of aromatic nitrogens is 2. The van der Waals surface area contributed by atoms with Crippen molar-refractivity contribution in [3.05, 3.63) is 0 Å². The van der Waals surface area contributed by atoms with Gasteiger partial charge in [-0.2, -0.15) is 9.36 Å². The first-order valence-corrected chi connectivity index (χ1v) is 6.16. The fourth-order valence-electron chi connectivity index (χ4n) is 0.723. The van der Waals surface area contributed by atoms with E-state index in [2.05, 4.69) is 14.7 Å². The van der Waals surface area contributed by atoms with Crippen molar-refractivity contribution in [3.8, 4) is 0 Å². The lowest BCUT2D eigenvalue weighted by atomic mass is 10.7. The molecule has 0 fully saturated rings. The van der Waals surface area contributed by atoms with E-state index in [0.29, 0.717) is 23.2 Å². The lowest BCUT2D eigenvalue weighted by Gasteiger charge is -1.99. The lowest BCUT2D eigenvalue weighted by molar-refractivity contribution is 0.684. The second kappa shape index (κ2) is 5.13. The Morgan fingerprint density at radius 1 is 1.69 bits per heavy atom. The maximum absolute atomic E-state index is 11.0. The van der Waals surface area contributed by atoms with Gasteiger partial charge in [-0.25, -0.2) is 0 Å². The maximum Gasteiger partial charge on any atom is 0.233 e. The summed E-state index contributed by atoms with van der Waals surface area (Å²) in [6.07, 6.45) is 0. The molecule has 0 aromatic carbocycles. The van der Waals surface area contributed by atoms with Crippen molar-refractivity contribution in [2.75, 3.05) is 29.1 Å². The van der Waals surface area contributed by atoms with Gasteiger partial charge in [-0.05, 0) is 0 Å². The summed E-state index contributed by atoms with van der Waals surface area (Å²) in [6, 6.07) is 0. The van der Waals surface area contributed by atoms with Crippen molar-refractivity contribution in [2.45, 2.75) is 6.92 Å². The second-order valence-electron chi connectivity index (χ2n) is 2.32. The molecule has 0 aliphatic rings. The minimum absolute atomic E-state index is 0.282. The molecule has 1 unspecified atom stereocenters. The molecule has 0 bridgehead atoms. The van der Waals surface area contributed by atoms with Crippen LogP contribution in [0, 0.1) is 0 Å². The van der Waals surface area contributed by atoms with Crippen LogP contribution in [0.5, 0.6) is 0 Å². The Morgan fingerprint density at radius 2 is 2.46 bits per heavy atom. The summed E-state index contributed by atoms with van der Waals surface area (Å²) in [6.45, 7) is 2.55. The van der Waals surface area contributed by atoms with E-state index in [1.807, 2.05) is 6.92 Å². The standard InChI is InChI=1S/C6H12N4OS2/c1-2-13(11)4-3-8-6-9-5(7)10-12-6/h2-4H2,1H3,(H3,7,8,9,10). The Bertz CT molecular complexity index is 288. The third kappa shape index (κ3) is 3.69. The number of nitrogens with zero attached hydrogens (tertiary/aromatic N) is 2. The van der Waals surface area contributed by atoms with Crippen LogP contribution in [-0.4, -0.2) is 31.6 Å². The highest BCUT2D eigenvalue weighted by Gasteiger charge is 2.00. The molecule has 1 rings (SSSR count). The summed E-state index contributed by atoms with van der Waals surface area (Å²) in [5.74, 6) is 1.61. The van der Waals surface area contributed by atoms with Gasteiger partial charge in [-0.15, -0.1) is 0 Å². The molecule has 1 aromatic heterocycles. The number of anilines is 2. The second-order valence-corrected chi connectivity index (χ2v) is 4.93. The molecule has 5 nitrogen and oxygen atoms in total. The number of nitrogens with two attached hydrogens (primary N) is 1. The van der Waals surface area contributed by atoms with Gasteiger partial charge < -0.3 is 11.1 Å². The predicted octanol–water partition coefficient (Wildman–Crippen LogP) is 0.301. The Hall–Kier alpha value is -0.690. The van der Waals surface area contributed by atoms with Gasteiger partial charge in [0.25, 0.3) is 0 Å². The van der Waals surface area contributed by atoms with Gasteiger partial charge in [-0.3, -0.25) is 4.21 Å². The van der Waals surface area contributed by atoms with E-state index >= 15 is 0 Å². The molecule has 0 saturated carbocycles. The van der Waals surface area contributed by atoms with Crippen molar-refractivity contribution in [1.82, 2.24) is 9.36 Å². The largest absolute Gasteiger partial charge is 0.367 e. The van der Waals surface area contributed by atoms with Crippen LogP contribution in [-0.2, 0) is 10.8 Å². The molecule has 13 heavy (non-hydrogen) atoms. The first-order chi connectivity index (χ1) is 6.22. The Labute approximate surface area is 83.4 Å². The summed E-state index contributed by atoms with van der Waals surface area (Å²) in [7, 11) is -0.731. The zero-order valence-corrected chi connectivity index (χ0v) is 8.95. The molecule has 1 atom stereocenters. The molecule has 1 heterocycles. The lowest BCUT2D eigenvalue weighted by Crippen LogP contribution is -2.11. The van der Waals surface area contributed by atoms with Crippen molar-refractivity contribution in [2.24, 2.45) is 0 Å². The Morgan fingerprint density at radius 3 is 3.00 bits per heavy atom. The molecule has 0 spiro atoms. The van der Waals surface area contributed by atoms with Crippen molar-refractivity contribution >= 4 is 33.4 Å². The summed E-state index contributed by atoms with van der Waals surface area (Å²) < 4.78 is 14.8. The van der Waals surface area contributed by atoms with E-state index in [0.717, 1.165) is 0 Å². The van der Waals surface area contributed by atoms with Crippen LogP contribution in [0.3, 0.4) is 0 Å². The van der Waals surface area contributed by atoms with Gasteiger partial charge in [0, 0.05) is 40.4 Å². The maximum atomic E-state index is 11.0. The fraction of sp³-hybridized carbons (Fsp3) is 0.667. The third-order valence-corrected chi connectivity index (χ3v) is 3.36. The first kappa shape index (κ1) is 10.4. The minimum Gasteiger partial charge on any atom is -0.367 e. The number of hydrogen-bond donors (Lipinski definition) is 2. The van der Waals surface area contributed by atoms with Gasteiger partial charge in [0.2, 0.25) is 11.1 Å². The van der Waals surface area contributed by atoms with Gasteiger partial charge in [0.15, 0.2) is 0 Å². The molecule has 0 aliphatic carbocycles. The predicted molar refractivity (Wildman–Crippen MR) is 56.4 cm³/mol. The molecule has 7 heteroatoms. The number of nitrogen functional groups attached to an aromatic ring is 1. The Kier molecular flexibility index (Phi) is 4.10. The molecule has 0 radical (unpaired) electrons. The summed E-state index contributed by atoms with van der Waals surface area (Å²) in [5, 5.41) is 3.69. The molecule has 3 N–H and O–H groups in total. The van der Waals surface area contributed by atoms with E-state index in [9.17, 15) is 4.21 Å². The molecule has 1 aromatic rings. The highest BCUT2D eigenvalue weighted by atomic mass is 32.2. The average Bonchev–Trinajstić information content (AvgIpc) is 2.51. The van der Waals surface area contributed by atoms with Crippen molar-refractivity contribution in [3.63, 3.8) is 0 Å². The van der Waals surface area contributed by atoms with Gasteiger partial charge >= 0.3 is 0 Å². The van der Waals surface area contributed by atoms with Crippen LogP contribution in [0.4, 0.5) is 11.1 Å². The molecular formula is C6H12N4OS2. The summed E-state index contributed by atoms with van der Waals surface area (Å²) in [4.78, 5) is 3.91. The summed E-state index contributed by atoms with van der Waals surface area (Å²) in [5.41, 5.74) is 5.32. The SMILES string of the molecule is CCS(=O)CCNc1nc(N)ns1. The summed E-state index contributed by atoms with van der Waals surface area (Å²) >= 11 is 1.21. The minimum atomic E-state index is -0.731. The first-order valence-electron chi connectivity index (χ1n) is 3.90. The van der Waals surface area contributed by atoms with Crippen LogP contribution in [0.25, 0.3) is 0 Å². The zero-order valence-electron chi connectivity index (χ0n) is 7.32. The average molecular weight is 220 g/mol. The van der Waals surface area contributed by atoms with E-state index < -0.39 is 10.8 Å². The van der Waals surface area contributed by atoms with Gasteiger partial charge in [0.05, 0.1) is 0 Å². The van der Waals surface area contributed by atoms with Crippen LogP contribution in [0.1, 0.15) is 6.92 Å². The monoisotopic (exact) mass is 220 g/mol. The molecule has 0 saturated heterocycles. The van der Waals surface area contributed by atoms with E-state index in [-0.39, 0.29) is 5.95 Å². The number of nitrogens with one attached hydrogen (secondary N) is 1. The van der Waals surface area contributed by atoms with Crippen molar-refractivity contribution in [1.29, 1.82) is 0 Å². The zero-order chi connectivity index (χ0) is 9.68. The molecule has 0 amide bonds. The van der Waals surface area contributed by atoms with Crippen LogP contribution >= 0.6 is 11.5 Å². The van der Waals surface area contributed by atoms with E-state index in [1.165, 1.54) is 11.5 Å². The van der Waals surface area contributed by atoms with Gasteiger partial charge in [0.1, 0.15) is 0 Å². The van der Waals surface area contributed by atoms with Crippen LogP contribution < -0.4 is 11.1 Å². The normalized spacial score (nSPS) is 12.7. The van der Waals surface area contributed by atoms with E-state index in [1.54, 1.807) is 0 Å².